The quantitative estimate of drug-likeness (QED) is 0.580. The van der Waals surface area contributed by atoms with Gasteiger partial charge in [-0.15, -0.1) is 0 Å². The highest BCUT2D eigenvalue weighted by molar-refractivity contribution is 7.89. The average molecular weight is 487 g/mol. The van der Waals surface area contributed by atoms with E-state index in [2.05, 4.69) is 5.32 Å². The van der Waals surface area contributed by atoms with Gasteiger partial charge < -0.3 is 14.8 Å². The molecule has 0 unspecified atom stereocenters. The van der Waals surface area contributed by atoms with Crippen molar-refractivity contribution in [3.8, 4) is 11.5 Å². The fourth-order valence-corrected chi connectivity index (χ4v) is 5.18. The summed E-state index contributed by atoms with van der Waals surface area (Å²) in [6.45, 7) is 0.416. The zero-order valence-corrected chi connectivity index (χ0v) is 19.1. The van der Waals surface area contributed by atoms with Crippen LogP contribution in [0.4, 0.5) is 13.2 Å². The largest absolute Gasteiger partial charge is 0.493 e. The summed E-state index contributed by atoms with van der Waals surface area (Å²) in [6.07, 6.45) is -4.08. The van der Waals surface area contributed by atoms with Crippen LogP contribution in [0.15, 0.2) is 36.4 Å². The van der Waals surface area contributed by atoms with Crippen LogP contribution in [-0.4, -0.2) is 51.7 Å². The van der Waals surface area contributed by atoms with Crippen LogP contribution in [0.1, 0.15) is 33.5 Å². The molecule has 1 heterocycles. The minimum Gasteiger partial charge on any atom is -0.493 e. The van der Waals surface area contributed by atoms with Crippen molar-refractivity contribution in [2.75, 3.05) is 33.1 Å². The minimum absolute atomic E-state index is 0.0670. The molecule has 0 saturated heterocycles. The number of ether oxygens (including phenoxy) is 2. The van der Waals surface area contributed by atoms with Crippen LogP contribution in [0.3, 0.4) is 0 Å². The van der Waals surface area contributed by atoms with Crippen molar-refractivity contribution in [2.45, 2.75) is 25.6 Å². The first-order valence-electron chi connectivity index (χ1n) is 10.2. The second-order valence-corrected chi connectivity index (χ2v) is 9.62. The fraction of sp³-hybridized carbons (Fsp3) is 0.409. The zero-order valence-electron chi connectivity index (χ0n) is 18.2. The van der Waals surface area contributed by atoms with E-state index in [1.165, 1.54) is 30.7 Å². The van der Waals surface area contributed by atoms with Gasteiger partial charge in [0, 0.05) is 19.6 Å². The number of methoxy groups -OCH3 is 2. The molecule has 0 bridgehead atoms. The normalized spacial score (nSPS) is 14.5. The fourth-order valence-electron chi connectivity index (χ4n) is 3.70. The van der Waals surface area contributed by atoms with Crippen LogP contribution in [0, 0.1) is 0 Å². The Balaban J connectivity index is 1.58. The molecule has 1 aliphatic rings. The Hall–Kier alpha value is -2.79. The molecule has 2 aromatic carbocycles. The van der Waals surface area contributed by atoms with E-state index in [1.54, 1.807) is 6.07 Å². The van der Waals surface area contributed by atoms with E-state index in [4.69, 9.17) is 9.47 Å². The third-order valence-electron chi connectivity index (χ3n) is 5.42. The van der Waals surface area contributed by atoms with Crippen molar-refractivity contribution in [2.24, 2.45) is 0 Å². The summed E-state index contributed by atoms with van der Waals surface area (Å²) >= 11 is 0. The molecule has 180 valence electrons. The van der Waals surface area contributed by atoms with Crippen LogP contribution in [0.25, 0.3) is 0 Å². The van der Waals surface area contributed by atoms with Gasteiger partial charge in [0.25, 0.3) is 5.91 Å². The smallest absolute Gasteiger partial charge is 0.417 e. The highest BCUT2D eigenvalue weighted by Crippen LogP contribution is 2.34. The lowest BCUT2D eigenvalue weighted by molar-refractivity contribution is -0.137. The lowest BCUT2D eigenvalue weighted by Crippen LogP contribution is -2.38. The van der Waals surface area contributed by atoms with E-state index in [0.717, 1.165) is 23.3 Å². The number of halogens is 3. The van der Waals surface area contributed by atoms with Gasteiger partial charge in [-0.25, -0.2) is 8.42 Å². The Kier molecular flexibility index (Phi) is 7.53. The van der Waals surface area contributed by atoms with Gasteiger partial charge in [0.1, 0.15) is 0 Å². The highest BCUT2D eigenvalue weighted by atomic mass is 32.2. The number of alkyl halides is 3. The summed E-state index contributed by atoms with van der Waals surface area (Å²) in [7, 11) is -0.590. The molecule has 0 radical (unpaired) electrons. The second-order valence-electron chi connectivity index (χ2n) is 7.53. The van der Waals surface area contributed by atoms with E-state index in [1.807, 2.05) is 6.07 Å². The molecule has 0 fully saturated rings. The molecule has 0 aromatic heterocycles. The predicted molar refractivity (Wildman–Crippen MR) is 116 cm³/mol. The second kappa shape index (κ2) is 10.0. The van der Waals surface area contributed by atoms with Gasteiger partial charge in [-0.1, -0.05) is 12.1 Å². The van der Waals surface area contributed by atoms with Crippen molar-refractivity contribution >= 4 is 15.9 Å². The summed E-state index contributed by atoms with van der Waals surface area (Å²) in [4.78, 5) is 12.2. The van der Waals surface area contributed by atoms with Crippen LogP contribution in [-0.2, 0) is 29.2 Å². The Morgan fingerprint density at radius 3 is 2.36 bits per heavy atom. The van der Waals surface area contributed by atoms with Gasteiger partial charge in [0.15, 0.2) is 11.5 Å². The third-order valence-corrected chi connectivity index (χ3v) is 7.32. The molecule has 1 aliphatic heterocycles. The molecule has 0 atom stereocenters. The standard InChI is InChI=1S/C22H25F3N2O5S/c1-31-19-12-15-8-10-27(14-16(15)13-20(19)32-2)33(29,30)11-5-9-26-21(28)17-6-3-4-7-18(17)22(23,24)25/h3-4,6-7,12-13H,5,8-11,14H2,1-2H3,(H,26,28). The zero-order chi connectivity index (χ0) is 24.2. The maximum Gasteiger partial charge on any atom is 0.417 e. The van der Waals surface area contributed by atoms with Crippen LogP contribution in [0.2, 0.25) is 0 Å². The molecule has 0 aliphatic carbocycles. The van der Waals surface area contributed by atoms with E-state index in [0.29, 0.717) is 24.5 Å². The maximum atomic E-state index is 13.1. The molecule has 7 nitrogen and oxygen atoms in total. The van der Waals surface area contributed by atoms with Crippen molar-refractivity contribution in [3.63, 3.8) is 0 Å². The summed E-state index contributed by atoms with van der Waals surface area (Å²) in [5.41, 5.74) is 0.272. The summed E-state index contributed by atoms with van der Waals surface area (Å²) in [5.74, 6) is -0.0439. The molecule has 1 amide bonds. The summed E-state index contributed by atoms with van der Waals surface area (Å²) in [5, 5.41) is 2.38. The van der Waals surface area contributed by atoms with Gasteiger partial charge in [-0.2, -0.15) is 17.5 Å². The van der Waals surface area contributed by atoms with Crippen molar-refractivity contribution in [1.82, 2.24) is 9.62 Å². The number of nitrogens with zero attached hydrogens (tertiary/aromatic N) is 1. The molecule has 0 spiro atoms. The number of rotatable bonds is 8. The van der Waals surface area contributed by atoms with Crippen molar-refractivity contribution in [3.05, 3.63) is 58.7 Å². The Labute approximate surface area is 190 Å². The number of benzene rings is 2. The van der Waals surface area contributed by atoms with Gasteiger partial charge in [-0.3, -0.25) is 4.79 Å². The number of nitrogens with one attached hydrogen (secondary N) is 1. The molecule has 11 heteroatoms. The molecule has 2 aromatic rings. The number of sulfonamides is 1. The number of carbonyl (C=O) groups is 1. The first-order valence-corrected chi connectivity index (χ1v) is 11.8. The van der Waals surface area contributed by atoms with Gasteiger partial charge in [0.2, 0.25) is 10.0 Å². The number of carbonyl (C=O) groups excluding carboxylic acids is 1. The lowest BCUT2D eigenvalue weighted by atomic mass is 10.0. The van der Waals surface area contributed by atoms with Gasteiger partial charge in [0.05, 0.1) is 31.1 Å². The number of hydrogen-bond acceptors (Lipinski definition) is 5. The number of fused-ring (bicyclic) bond motifs is 1. The molecular formula is C22H25F3N2O5S. The van der Waals surface area contributed by atoms with Gasteiger partial charge in [-0.05, 0) is 48.2 Å². The molecule has 33 heavy (non-hydrogen) atoms. The number of hydrogen-bond donors (Lipinski definition) is 1. The monoisotopic (exact) mass is 486 g/mol. The Bertz CT molecular complexity index is 1120. The first-order chi connectivity index (χ1) is 15.6. The number of amides is 1. The SMILES string of the molecule is COc1cc2c(cc1OC)CN(S(=O)(=O)CCCNC(=O)c1ccccc1C(F)(F)F)CC2. The predicted octanol–water partition coefficient (Wildman–Crippen LogP) is 3.23. The molecule has 3 rings (SSSR count). The summed E-state index contributed by atoms with van der Waals surface area (Å²) in [6, 6.07) is 8.06. The lowest BCUT2D eigenvalue weighted by Gasteiger charge is -2.29. The van der Waals surface area contributed by atoms with Crippen LogP contribution < -0.4 is 14.8 Å². The minimum atomic E-state index is -4.66. The van der Waals surface area contributed by atoms with Gasteiger partial charge >= 0.3 is 6.18 Å². The maximum absolute atomic E-state index is 13.1. The first kappa shape index (κ1) is 24.8. The molecular weight excluding hydrogens is 461 g/mol. The molecule has 1 N–H and O–H groups in total. The van der Waals surface area contributed by atoms with E-state index < -0.39 is 33.2 Å². The third kappa shape index (κ3) is 5.77. The van der Waals surface area contributed by atoms with Crippen LogP contribution in [0.5, 0.6) is 11.5 Å². The Morgan fingerprint density at radius 1 is 1.09 bits per heavy atom. The van der Waals surface area contributed by atoms with Crippen molar-refractivity contribution in [1.29, 1.82) is 0 Å². The highest BCUT2D eigenvalue weighted by Gasteiger charge is 2.35. The molecule has 0 saturated carbocycles. The van der Waals surface area contributed by atoms with E-state index in [9.17, 15) is 26.4 Å². The van der Waals surface area contributed by atoms with Crippen LogP contribution >= 0.6 is 0 Å². The van der Waals surface area contributed by atoms with Crippen molar-refractivity contribution < 1.29 is 35.9 Å². The van der Waals surface area contributed by atoms with E-state index in [-0.39, 0.29) is 25.3 Å². The Morgan fingerprint density at radius 2 is 1.73 bits per heavy atom. The average Bonchev–Trinajstić information content (AvgIpc) is 2.79. The summed E-state index contributed by atoms with van der Waals surface area (Å²) < 4.78 is 76.7. The topological polar surface area (TPSA) is 84.9 Å². The van der Waals surface area contributed by atoms with E-state index >= 15 is 0 Å².